The fourth-order valence-electron chi connectivity index (χ4n) is 0.303. The number of methoxy groups -OCH3 is 1. The molecular formula is C6H10N2O2. The van der Waals surface area contributed by atoms with Crippen molar-refractivity contribution < 1.29 is 9.47 Å². The zero-order chi connectivity index (χ0) is 8.15. The molecule has 0 aliphatic rings. The average molecular weight is 142 g/mol. The summed E-state index contributed by atoms with van der Waals surface area (Å²) in [5, 5.41) is 13.9. The van der Waals surface area contributed by atoms with Crippen LogP contribution in [0.2, 0.25) is 0 Å². The Kier molecular flexibility index (Phi) is 3.17. The van der Waals surface area contributed by atoms with E-state index in [-0.39, 0.29) is 17.6 Å². The lowest BCUT2D eigenvalue weighted by Crippen LogP contribution is -2.10. The maximum atomic E-state index is 7.04. The Morgan fingerprint density at radius 3 is 2.20 bits per heavy atom. The molecule has 0 unspecified atom stereocenters. The van der Waals surface area contributed by atoms with E-state index in [0.29, 0.717) is 0 Å². The summed E-state index contributed by atoms with van der Waals surface area (Å²) in [6.45, 7) is 4.79. The van der Waals surface area contributed by atoms with Crippen molar-refractivity contribution in [3.63, 3.8) is 0 Å². The predicted octanol–water partition coefficient (Wildman–Crippen LogP) is 1.14. The summed E-state index contributed by atoms with van der Waals surface area (Å²) < 4.78 is 9.12. The summed E-state index contributed by atoms with van der Waals surface area (Å²) in [5.74, 6) is -0.162. The highest BCUT2D eigenvalue weighted by atomic mass is 16.5. The number of nitrogens with one attached hydrogen (secondary N) is 2. The quantitative estimate of drug-likeness (QED) is 0.345. The molecule has 0 fully saturated rings. The number of ether oxygens (including phenoxy) is 2. The van der Waals surface area contributed by atoms with E-state index in [0.717, 1.165) is 0 Å². The van der Waals surface area contributed by atoms with Gasteiger partial charge in [0.2, 0.25) is 0 Å². The lowest BCUT2D eigenvalue weighted by molar-refractivity contribution is 0.301. The van der Waals surface area contributed by atoms with Gasteiger partial charge in [0.15, 0.2) is 11.7 Å². The molecule has 0 aromatic heterocycles. The van der Waals surface area contributed by atoms with Gasteiger partial charge in [0.1, 0.15) is 0 Å². The van der Waals surface area contributed by atoms with Crippen LogP contribution in [0.3, 0.4) is 0 Å². The van der Waals surface area contributed by atoms with E-state index in [9.17, 15) is 0 Å². The van der Waals surface area contributed by atoms with Crippen LogP contribution in [0.4, 0.5) is 0 Å². The Morgan fingerprint density at radius 1 is 1.40 bits per heavy atom. The second kappa shape index (κ2) is 3.66. The highest BCUT2D eigenvalue weighted by molar-refractivity contribution is 5.96. The molecule has 0 saturated carbocycles. The molecule has 4 nitrogen and oxygen atoms in total. The Labute approximate surface area is 59.5 Å². The molecule has 0 spiro atoms. The van der Waals surface area contributed by atoms with E-state index in [2.05, 4.69) is 16.1 Å². The van der Waals surface area contributed by atoms with Crippen molar-refractivity contribution >= 4 is 11.8 Å². The minimum absolute atomic E-state index is 0.0526. The van der Waals surface area contributed by atoms with Gasteiger partial charge in [-0.05, 0) is 0 Å². The minimum Gasteiger partial charge on any atom is -0.492 e. The normalized spacial score (nSPS) is 8.20. The molecular weight excluding hydrogens is 132 g/mol. The van der Waals surface area contributed by atoms with Crippen molar-refractivity contribution in [2.24, 2.45) is 0 Å². The van der Waals surface area contributed by atoms with E-state index in [1.165, 1.54) is 14.0 Å². The summed E-state index contributed by atoms with van der Waals surface area (Å²) in [7, 11) is 1.39. The van der Waals surface area contributed by atoms with Crippen LogP contribution in [0.5, 0.6) is 0 Å². The van der Waals surface area contributed by atoms with E-state index < -0.39 is 0 Å². The number of hydrogen-bond donors (Lipinski definition) is 2. The van der Waals surface area contributed by atoms with Crippen LogP contribution >= 0.6 is 0 Å². The first-order chi connectivity index (χ1) is 4.57. The molecule has 0 aliphatic carbocycles. The molecule has 0 atom stereocenters. The van der Waals surface area contributed by atoms with Crippen LogP contribution in [-0.4, -0.2) is 18.9 Å². The fraction of sp³-hybridized carbons (Fsp3) is 0.333. The Bertz CT molecular complexity index is 175. The molecule has 0 radical (unpaired) electrons. The SMILES string of the molecule is C=C(OC)C(=N)OC(C)=N. The van der Waals surface area contributed by atoms with Crippen LogP contribution in [-0.2, 0) is 9.47 Å². The smallest absolute Gasteiger partial charge is 0.255 e. The van der Waals surface area contributed by atoms with Gasteiger partial charge in [-0.1, -0.05) is 6.58 Å². The maximum Gasteiger partial charge on any atom is 0.255 e. The summed E-state index contributed by atoms with van der Waals surface area (Å²) in [6.07, 6.45) is 0. The average Bonchev–Trinajstić information content (AvgIpc) is 1.85. The third-order valence-corrected chi connectivity index (χ3v) is 0.755. The van der Waals surface area contributed by atoms with Gasteiger partial charge in [-0.2, -0.15) is 0 Å². The van der Waals surface area contributed by atoms with Gasteiger partial charge in [-0.15, -0.1) is 0 Å². The van der Waals surface area contributed by atoms with Gasteiger partial charge in [0.25, 0.3) is 5.90 Å². The summed E-state index contributed by atoms with van der Waals surface area (Å²) >= 11 is 0. The van der Waals surface area contributed by atoms with Crippen molar-refractivity contribution in [2.75, 3.05) is 7.11 Å². The minimum atomic E-state index is -0.227. The second-order valence-electron chi connectivity index (χ2n) is 1.61. The lowest BCUT2D eigenvalue weighted by Gasteiger charge is -2.04. The molecule has 0 aromatic carbocycles. The molecule has 10 heavy (non-hydrogen) atoms. The maximum absolute atomic E-state index is 7.04. The molecule has 0 saturated heterocycles. The first-order valence-electron chi connectivity index (χ1n) is 2.62. The van der Waals surface area contributed by atoms with Crippen LogP contribution in [0.25, 0.3) is 0 Å². The monoisotopic (exact) mass is 142 g/mol. The first kappa shape index (κ1) is 8.68. The molecule has 0 rings (SSSR count). The van der Waals surface area contributed by atoms with Gasteiger partial charge in [0.05, 0.1) is 7.11 Å². The van der Waals surface area contributed by atoms with Crippen LogP contribution < -0.4 is 0 Å². The van der Waals surface area contributed by atoms with E-state index in [1.54, 1.807) is 0 Å². The molecule has 4 heteroatoms. The standard InChI is InChI=1S/C6H10N2O2/c1-4(9-3)6(8)10-5(2)7/h7-8H,1H2,2-3H3. The molecule has 2 N–H and O–H groups in total. The van der Waals surface area contributed by atoms with Crippen LogP contribution in [0.15, 0.2) is 12.3 Å². The first-order valence-corrected chi connectivity index (χ1v) is 2.62. The van der Waals surface area contributed by atoms with Crippen molar-refractivity contribution in [1.29, 1.82) is 10.8 Å². The Balaban J connectivity index is 3.86. The highest BCUT2D eigenvalue weighted by Gasteiger charge is 2.03. The van der Waals surface area contributed by atoms with E-state index in [1.807, 2.05) is 0 Å². The third kappa shape index (κ3) is 2.86. The molecule has 0 amide bonds. The fourth-order valence-corrected chi connectivity index (χ4v) is 0.303. The van der Waals surface area contributed by atoms with Crippen molar-refractivity contribution in [3.05, 3.63) is 12.3 Å². The summed E-state index contributed by atoms with van der Waals surface area (Å²) in [4.78, 5) is 0. The third-order valence-electron chi connectivity index (χ3n) is 0.755. The van der Waals surface area contributed by atoms with Crippen molar-refractivity contribution in [1.82, 2.24) is 0 Å². The van der Waals surface area contributed by atoms with Crippen molar-refractivity contribution in [3.8, 4) is 0 Å². The topological polar surface area (TPSA) is 66.2 Å². The van der Waals surface area contributed by atoms with Gasteiger partial charge in [0, 0.05) is 6.92 Å². The zero-order valence-electron chi connectivity index (χ0n) is 6.02. The van der Waals surface area contributed by atoms with Gasteiger partial charge in [-0.25, -0.2) is 0 Å². The lowest BCUT2D eigenvalue weighted by atomic mass is 10.5. The van der Waals surface area contributed by atoms with Gasteiger partial charge >= 0.3 is 0 Å². The highest BCUT2D eigenvalue weighted by Crippen LogP contribution is 1.94. The number of hydrogen-bond acceptors (Lipinski definition) is 4. The molecule has 56 valence electrons. The van der Waals surface area contributed by atoms with E-state index >= 15 is 0 Å². The largest absolute Gasteiger partial charge is 0.492 e. The second-order valence-corrected chi connectivity index (χ2v) is 1.61. The number of rotatable bonds is 2. The predicted molar refractivity (Wildman–Crippen MR) is 38.4 cm³/mol. The van der Waals surface area contributed by atoms with Crippen molar-refractivity contribution in [2.45, 2.75) is 6.92 Å². The van der Waals surface area contributed by atoms with Gasteiger partial charge in [-0.3, -0.25) is 10.8 Å². The Morgan fingerprint density at radius 2 is 1.90 bits per heavy atom. The molecule has 0 heterocycles. The summed E-state index contributed by atoms with van der Waals surface area (Å²) in [5.41, 5.74) is 0. The molecule has 0 aromatic rings. The Hall–Kier alpha value is -1.32. The summed E-state index contributed by atoms with van der Waals surface area (Å²) in [6, 6.07) is 0. The molecule has 0 bridgehead atoms. The zero-order valence-corrected chi connectivity index (χ0v) is 6.02. The van der Waals surface area contributed by atoms with E-state index in [4.69, 9.17) is 10.8 Å². The van der Waals surface area contributed by atoms with Crippen LogP contribution in [0, 0.1) is 10.8 Å². The van der Waals surface area contributed by atoms with Crippen LogP contribution in [0.1, 0.15) is 6.92 Å². The van der Waals surface area contributed by atoms with Gasteiger partial charge < -0.3 is 9.47 Å². The molecule has 0 aliphatic heterocycles.